The van der Waals surface area contributed by atoms with Crippen molar-refractivity contribution >= 4 is 34.2 Å². The fourth-order valence-electron chi connectivity index (χ4n) is 2.14. The van der Waals surface area contributed by atoms with E-state index in [1.54, 1.807) is 35.3 Å². The number of benzene rings is 2. The molecule has 1 aromatic heterocycles. The molecule has 4 nitrogen and oxygen atoms in total. The lowest BCUT2D eigenvalue weighted by Crippen LogP contribution is -2.12. The summed E-state index contributed by atoms with van der Waals surface area (Å²) in [4.78, 5) is 12.2. The van der Waals surface area contributed by atoms with E-state index in [1.165, 1.54) is 12.1 Å². The highest BCUT2D eigenvalue weighted by Gasteiger charge is 2.10. The van der Waals surface area contributed by atoms with E-state index >= 15 is 0 Å². The Morgan fingerprint density at radius 1 is 1.17 bits per heavy atom. The van der Waals surface area contributed by atoms with Crippen LogP contribution in [-0.4, -0.2) is 15.7 Å². The highest BCUT2D eigenvalue weighted by atomic mass is 127. The summed E-state index contributed by atoms with van der Waals surface area (Å²) in [6, 6.07) is 13.6. The second-order valence-corrected chi connectivity index (χ2v) is 6.15. The zero-order chi connectivity index (χ0) is 16.2. The number of hydrogen-bond donors (Lipinski definition) is 1. The Kier molecular flexibility index (Phi) is 4.71. The maximum atomic E-state index is 12.9. The second-order valence-electron chi connectivity index (χ2n) is 4.99. The molecule has 116 valence electrons. The lowest BCUT2D eigenvalue weighted by atomic mass is 10.2. The largest absolute Gasteiger partial charge is 0.319 e. The lowest BCUT2D eigenvalue weighted by Gasteiger charge is -2.04. The molecule has 6 heteroatoms. The molecule has 1 amide bonds. The van der Waals surface area contributed by atoms with E-state index in [9.17, 15) is 9.18 Å². The van der Waals surface area contributed by atoms with Crippen molar-refractivity contribution in [3.63, 3.8) is 0 Å². The minimum atomic E-state index is -0.264. The van der Waals surface area contributed by atoms with Gasteiger partial charge >= 0.3 is 0 Å². The van der Waals surface area contributed by atoms with Crippen LogP contribution in [0.5, 0.6) is 0 Å². The van der Waals surface area contributed by atoms with Gasteiger partial charge in [0.1, 0.15) is 5.82 Å². The zero-order valence-corrected chi connectivity index (χ0v) is 14.2. The summed E-state index contributed by atoms with van der Waals surface area (Å²) in [6.07, 6.45) is 3.34. The molecule has 0 atom stereocenters. The third kappa shape index (κ3) is 3.95. The molecule has 3 aromatic rings. The monoisotopic (exact) mass is 421 g/mol. The van der Waals surface area contributed by atoms with Gasteiger partial charge in [0.2, 0.25) is 0 Å². The molecule has 0 bridgehead atoms. The highest BCUT2D eigenvalue weighted by molar-refractivity contribution is 14.1. The molecule has 0 fully saturated rings. The third-order valence-corrected chi connectivity index (χ3v) is 4.21. The first-order valence-corrected chi connectivity index (χ1v) is 8.02. The molecule has 0 saturated heterocycles. The summed E-state index contributed by atoms with van der Waals surface area (Å²) in [7, 11) is 0. The molecule has 23 heavy (non-hydrogen) atoms. The van der Waals surface area contributed by atoms with E-state index in [0.717, 1.165) is 9.13 Å². The predicted molar refractivity (Wildman–Crippen MR) is 94.8 cm³/mol. The van der Waals surface area contributed by atoms with Crippen LogP contribution >= 0.6 is 22.6 Å². The second kappa shape index (κ2) is 6.91. The first kappa shape index (κ1) is 15.7. The van der Waals surface area contributed by atoms with Gasteiger partial charge in [0.25, 0.3) is 5.91 Å². The fraction of sp³-hybridized carbons (Fsp3) is 0.0588. The van der Waals surface area contributed by atoms with Crippen molar-refractivity contribution in [2.45, 2.75) is 6.54 Å². The van der Waals surface area contributed by atoms with Crippen LogP contribution in [0.25, 0.3) is 0 Å². The minimum Gasteiger partial charge on any atom is -0.319 e. The molecule has 0 unspecified atom stereocenters. The Hall–Kier alpha value is -2.22. The van der Waals surface area contributed by atoms with Crippen molar-refractivity contribution in [1.29, 1.82) is 0 Å². The topological polar surface area (TPSA) is 46.9 Å². The Balaban J connectivity index is 1.69. The van der Waals surface area contributed by atoms with Gasteiger partial charge in [0, 0.05) is 9.77 Å². The molecular weight excluding hydrogens is 408 g/mol. The Morgan fingerprint density at radius 2 is 1.91 bits per heavy atom. The maximum absolute atomic E-state index is 12.9. The number of carbonyl (C=O) groups excluding carboxylic acids is 1. The molecule has 0 radical (unpaired) electrons. The number of rotatable bonds is 4. The SMILES string of the molecule is O=C(Nc1cnn(Cc2ccc(F)cc2)c1)c1ccccc1I. The van der Waals surface area contributed by atoms with E-state index < -0.39 is 0 Å². The Morgan fingerprint density at radius 3 is 2.65 bits per heavy atom. The lowest BCUT2D eigenvalue weighted by molar-refractivity contribution is 0.102. The summed E-state index contributed by atoms with van der Waals surface area (Å²) < 4.78 is 15.5. The summed E-state index contributed by atoms with van der Waals surface area (Å²) in [5, 5.41) is 7.04. The molecule has 0 aliphatic heterocycles. The third-order valence-electron chi connectivity index (χ3n) is 3.27. The number of nitrogens with one attached hydrogen (secondary N) is 1. The van der Waals surface area contributed by atoms with Crippen LogP contribution < -0.4 is 5.32 Å². The number of hydrogen-bond acceptors (Lipinski definition) is 2. The molecule has 1 heterocycles. The standard InChI is InChI=1S/C17H13FIN3O/c18-13-7-5-12(6-8-13)10-22-11-14(9-20-22)21-17(23)15-3-1-2-4-16(15)19/h1-9,11H,10H2,(H,21,23). The summed E-state index contributed by atoms with van der Waals surface area (Å²) in [5.74, 6) is -0.434. The van der Waals surface area contributed by atoms with E-state index in [-0.39, 0.29) is 11.7 Å². The van der Waals surface area contributed by atoms with Gasteiger partial charge in [-0.25, -0.2) is 4.39 Å². The van der Waals surface area contributed by atoms with E-state index in [4.69, 9.17) is 0 Å². The van der Waals surface area contributed by atoms with Crippen LogP contribution in [0.2, 0.25) is 0 Å². The van der Waals surface area contributed by atoms with Crippen molar-refractivity contribution < 1.29 is 9.18 Å². The van der Waals surface area contributed by atoms with Crippen LogP contribution in [0.3, 0.4) is 0 Å². The van der Waals surface area contributed by atoms with Crippen LogP contribution in [0.4, 0.5) is 10.1 Å². The Labute approximate surface area is 146 Å². The first-order valence-electron chi connectivity index (χ1n) is 6.94. The van der Waals surface area contributed by atoms with Crippen molar-refractivity contribution in [3.8, 4) is 0 Å². The van der Waals surface area contributed by atoms with Gasteiger partial charge in [0.05, 0.1) is 24.0 Å². The van der Waals surface area contributed by atoms with E-state index in [1.807, 2.05) is 18.2 Å². The van der Waals surface area contributed by atoms with Gasteiger partial charge in [-0.05, 0) is 52.4 Å². The smallest absolute Gasteiger partial charge is 0.256 e. The molecule has 0 aliphatic rings. The minimum absolute atomic E-state index is 0.170. The molecule has 1 N–H and O–H groups in total. The number of amides is 1. The molecule has 0 saturated carbocycles. The quantitative estimate of drug-likeness (QED) is 0.650. The molecule has 2 aromatic carbocycles. The summed E-state index contributed by atoms with van der Waals surface area (Å²) >= 11 is 2.13. The highest BCUT2D eigenvalue weighted by Crippen LogP contribution is 2.15. The van der Waals surface area contributed by atoms with Crippen molar-refractivity contribution in [2.75, 3.05) is 5.32 Å². The van der Waals surface area contributed by atoms with Gasteiger partial charge in [-0.3, -0.25) is 9.48 Å². The van der Waals surface area contributed by atoms with E-state index in [0.29, 0.717) is 17.8 Å². The predicted octanol–water partition coefficient (Wildman–Crippen LogP) is 3.93. The molecule has 0 spiro atoms. The normalized spacial score (nSPS) is 10.5. The van der Waals surface area contributed by atoms with Crippen molar-refractivity contribution in [3.05, 3.63) is 81.4 Å². The Bertz CT molecular complexity index is 830. The van der Waals surface area contributed by atoms with Crippen molar-refractivity contribution in [1.82, 2.24) is 9.78 Å². The summed E-state index contributed by atoms with van der Waals surface area (Å²) in [6.45, 7) is 0.513. The van der Waals surface area contributed by atoms with Crippen LogP contribution in [0.1, 0.15) is 15.9 Å². The van der Waals surface area contributed by atoms with Crippen LogP contribution in [0.15, 0.2) is 60.9 Å². The van der Waals surface area contributed by atoms with Gasteiger partial charge in [-0.15, -0.1) is 0 Å². The number of carbonyl (C=O) groups is 1. The van der Waals surface area contributed by atoms with Gasteiger partial charge in [-0.2, -0.15) is 5.10 Å². The maximum Gasteiger partial charge on any atom is 0.256 e. The molecule has 3 rings (SSSR count). The number of aromatic nitrogens is 2. The van der Waals surface area contributed by atoms with Crippen molar-refractivity contribution in [2.24, 2.45) is 0 Å². The zero-order valence-electron chi connectivity index (χ0n) is 12.0. The molecule has 0 aliphatic carbocycles. The first-order chi connectivity index (χ1) is 11.1. The number of anilines is 1. The fourth-order valence-corrected chi connectivity index (χ4v) is 2.77. The summed E-state index contributed by atoms with van der Waals surface area (Å²) in [5.41, 5.74) is 2.18. The van der Waals surface area contributed by atoms with Crippen LogP contribution in [0, 0.1) is 9.39 Å². The van der Waals surface area contributed by atoms with Gasteiger partial charge in [0.15, 0.2) is 0 Å². The van der Waals surface area contributed by atoms with E-state index in [2.05, 4.69) is 33.0 Å². The van der Waals surface area contributed by atoms with Gasteiger partial charge < -0.3 is 5.32 Å². The number of nitrogens with zero attached hydrogens (tertiary/aromatic N) is 2. The van der Waals surface area contributed by atoms with Crippen LogP contribution in [-0.2, 0) is 6.54 Å². The number of halogens is 2. The average Bonchev–Trinajstić information content (AvgIpc) is 2.97. The molecular formula is C17H13FIN3O. The average molecular weight is 421 g/mol. The van der Waals surface area contributed by atoms with Gasteiger partial charge in [-0.1, -0.05) is 24.3 Å².